The lowest BCUT2D eigenvalue weighted by atomic mass is 9.88. The maximum Gasteiger partial charge on any atom is 0.329 e. The Morgan fingerprint density at radius 2 is 1.81 bits per heavy atom. The van der Waals surface area contributed by atoms with E-state index in [1.54, 1.807) is 14.0 Å². The lowest BCUT2D eigenvalue weighted by Gasteiger charge is -2.34. The van der Waals surface area contributed by atoms with E-state index in [0.717, 1.165) is 22.1 Å². The molecule has 2 aromatic rings. The SMILES string of the molecule is COc1ccc2cc([C@H](C)C(=O)NC3(C(=O)O)CCOCC3)ccc2c1. The highest BCUT2D eigenvalue weighted by Crippen LogP contribution is 2.27. The second-order valence-corrected chi connectivity index (χ2v) is 6.68. The normalized spacial score (nSPS) is 17.5. The van der Waals surface area contributed by atoms with Crippen LogP contribution in [0.1, 0.15) is 31.2 Å². The summed E-state index contributed by atoms with van der Waals surface area (Å²) in [7, 11) is 1.62. The molecule has 138 valence electrons. The zero-order valence-electron chi connectivity index (χ0n) is 15.0. The summed E-state index contributed by atoms with van der Waals surface area (Å²) in [5, 5.41) is 14.4. The van der Waals surface area contributed by atoms with Gasteiger partial charge in [0.15, 0.2) is 0 Å². The molecule has 1 amide bonds. The van der Waals surface area contributed by atoms with Crippen LogP contribution in [0.2, 0.25) is 0 Å². The monoisotopic (exact) mass is 357 g/mol. The highest BCUT2D eigenvalue weighted by Gasteiger charge is 2.42. The van der Waals surface area contributed by atoms with Crippen molar-refractivity contribution in [3.05, 3.63) is 42.0 Å². The summed E-state index contributed by atoms with van der Waals surface area (Å²) in [6.07, 6.45) is 0.552. The average molecular weight is 357 g/mol. The number of carbonyl (C=O) groups excluding carboxylic acids is 1. The number of carboxylic acid groups (broad SMARTS) is 1. The van der Waals surface area contributed by atoms with Crippen molar-refractivity contribution < 1.29 is 24.2 Å². The second-order valence-electron chi connectivity index (χ2n) is 6.68. The van der Waals surface area contributed by atoms with Crippen LogP contribution in [0.15, 0.2) is 36.4 Å². The van der Waals surface area contributed by atoms with Crippen molar-refractivity contribution in [1.29, 1.82) is 0 Å². The number of carboxylic acids is 1. The predicted molar refractivity (Wildman–Crippen MR) is 97.5 cm³/mol. The minimum atomic E-state index is -1.24. The van der Waals surface area contributed by atoms with E-state index in [2.05, 4.69) is 5.32 Å². The Labute approximate surface area is 152 Å². The number of ether oxygens (including phenoxy) is 2. The molecule has 6 heteroatoms. The average Bonchev–Trinajstić information content (AvgIpc) is 2.67. The van der Waals surface area contributed by atoms with Crippen LogP contribution in [0.4, 0.5) is 0 Å². The minimum absolute atomic E-state index is 0.276. The van der Waals surface area contributed by atoms with Gasteiger partial charge >= 0.3 is 5.97 Å². The van der Waals surface area contributed by atoms with Crippen LogP contribution in [-0.2, 0) is 14.3 Å². The third-order valence-corrected chi connectivity index (χ3v) is 5.08. The molecular formula is C20H23NO5. The number of fused-ring (bicyclic) bond motifs is 1. The molecule has 0 bridgehead atoms. The molecule has 26 heavy (non-hydrogen) atoms. The Morgan fingerprint density at radius 3 is 2.46 bits per heavy atom. The van der Waals surface area contributed by atoms with E-state index in [0.29, 0.717) is 13.2 Å². The predicted octanol–water partition coefficient (Wildman–Crippen LogP) is 2.70. The largest absolute Gasteiger partial charge is 0.497 e. The fraction of sp³-hybridized carbons (Fsp3) is 0.400. The molecule has 0 saturated carbocycles. The van der Waals surface area contributed by atoms with Crippen molar-refractivity contribution in [1.82, 2.24) is 5.32 Å². The van der Waals surface area contributed by atoms with Gasteiger partial charge in [-0.3, -0.25) is 4.79 Å². The van der Waals surface area contributed by atoms with Crippen LogP contribution in [-0.4, -0.2) is 42.8 Å². The standard InChI is InChI=1S/C20H23NO5/c1-13(18(22)21-20(19(23)24)7-9-26-10-8-20)14-3-4-16-12-17(25-2)6-5-15(16)11-14/h3-6,11-13H,7-10H2,1-2H3,(H,21,22)(H,23,24)/t13-/m0/s1. The van der Waals surface area contributed by atoms with Gasteiger partial charge in [-0.1, -0.05) is 24.3 Å². The summed E-state index contributed by atoms with van der Waals surface area (Å²) in [6, 6.07) is 11.5. The highest BCUT2D eigenvalue weighted by atomic mass is 16.5. The molecule has 2 N–H and O–H groups in total. The summed E-state index contributed by atoms with van der Waals surface area (Å²) < 4.78 is 10.5. The molecule has 1 aliphatic heterocycles. The van der Waals surface area contributed by atoms with Gasteiger partial charge in [-0.15, -0.1) is 0 Å². The number of methoxy groups -OCH3 is 1. The molecule has 1 saturated heterocycles. The Balaban J connectivity index is 1.81. The molecule has 0 unspecified atom stereocenters. The molecule has 1 aliphatic rings. The first-order chi connectivity index (χ1) is 12.4. The van der Waals surface area contributed by atoms with Gasteiger partial charge in [-0.2, -0.15) is 0 Å². The van der Waals surface area contributed by atoms with Gasteiger partial charge in [-0.05, 0) is 35.4 Å². The number of nitrogens with one attached hydrogen (secondary N) is 1. The molecule has 1 heterocycles. The number of rotatable bonds is 5. The number of hydrogen-bond donors (Lipinski definition) is 2. The van der Waals surface area contributed by atoms with Crippen molar-refractivity contribution in [2.45, 2.75) is 31.2 Å². The number of carbonyl (C=O) groups is 2. The first-order valence-electron chi connectivity index (χ1n) is 8.66. The van der Waals surface area contributed by atoms with Crippen LogP contribution in [0, 0.1) is 0 Å². The molecule has 1 atom stereocenters. The van der Waals surface area contributed by atoms with E-state index < -0.39 is 17.4 Å². The second kappa shape index (κ2) is 7.33. The molecule has 0 aromatic heterocycles. The van der Waals surface area contributed by atoms with Gasteiger partial charge in [0.25, 0.3) is 0 Å². The number of aliphatic carboxylic acids is 1. The van der Waals surface area contributed by atoms with Gasteiger partial charge in [0.05, 0.1) is 13.0 Å². The van der Waals surface area contributed by atoms with Crippen LogP contribution < -0.4 is 10.1 Å². The molecule has 2 aromatic carbocycles. The van der Waals surface area contributed by atoms with Gasteiger partial charge in [-0.25, -0.2) is 4.79 Å². The third kappa shape index (κ3) is 3.51. The van der Waals surface area contributed by atoms with Crippen LogP contribution in [0.3, 0.4) is 0 Å². The molecule has 3 rings (SSSR count). The number of amides is 1. The highest BCUT2D eigenvalue weighted by molar-refractivity contribution is 5.92. The van der Waals surface area contributed by atoms with Crippen molar-refractivity contribution in [2.24, 2.45) is 0 Å². The van der Waals surface area contributed by atoms with Crippen molar-refractivity contribution in [3.8, 4) is 5.75 Å². The zero-order chi connectivity index (χ0) is 18.7. The van der Waals surface area contributed by atoms with E-state index in [1.807, 2.05) is 36.4 Å². The van der Waals surface area contributed by atoms with E-state index in [9.17, 15) is 14.7 Å². The first-order valence-corrected chi connectivity index (χ1v) is 8.66. The maximum atomic E-state index is 12.7. The fourth-order valence-electron chi connectivity index (χ4n) is 3.25. The minimum Gasteiger partial charge on any atom is -0.497 e. The van der Waals surface area contributed by atoms with Gasteiger partial charge in [0, 0.05) is 26.1 Å². The Kier molecular flexibility index (Phi) is 5.13. The lowest BCUT2D eigenvalue weighted by molar-refractivity contribution is -0.152. The molecule has 0 spiro atoms. The first kappa shape index (κ1) is 18.2. The molecule has 0 radical (unpaired) electrons. The third-order valence-electron chi connectivity index (χ3n) is 5.08. The summed E-state index contributed by atoms with van der Waals surface area (Å²) in [4.78, 5) is 24.4. The lowest BCUT2D eigenvalue weighted by Crippen LogP contribution is -2.58. The van der Waals surface area contributed by atoms with Crippen LogP contribution >= 0.6 is 0 Å². The Morgan fingerprint density at radius 1 is 1.15 bits per heavy atom. The van der Waals surface area contributed by atoms with Gasteiger partial charge in [0.2, 0.25) is 5.91 Å². The topological polar surface area (TPSA) is 84.9 Å². The number of hydrogen-bond acceptors (Lipinski definition) is 4. The summed E-state index contributed by atoms with van der Waals surface area (Å²) in [6.45, 7) is 2.45. The molecular weight excluding hydrogens is 334 g/mol. The molecule has 6 nitrogen and oxygen atoms in total. The van der Waals surface area contributed by atoms with E-state index >= 15 is 0 Å². The number of benzene rings is 2. The zero-order valence-corrected chi connectivity index (χ0v) is 15.0. The summed E-state index contributed by atoms with van der Waals surface area (Å²) in [5.41, 5.74) is -0.402. The van der Waals surface area contributed by atoms with Crippen LogP contribution in [0.25, 0.3) is 10.8 Å². The van der Waals surface area contributed by atoms with E-state index in [1.165, 1.54) is 0 Å². The molecule has 0 aliphatic carbocycles. The summed E-state index contributed by atoms with van der Waals surface area (Å²) in [5.74, 6) is -0.978. The smallest absolute Gasteiger partial charge is 0.329 e. The van der Waals surface area contributed by atoms with E-state index in [4.69, 9.17) is 9.47 Å². The Bertz CT molecular complexity index is 826. The van der Waals surface area contributed by atoms with Crippen molar-refractivity contribution in [2.75, 3.05) is 20.3 Å². The fourth-order valence-corrected chi connectivity index (χ4v) is 3.25. The van der Waals surface area contributed by atoms with E-state index in [-0.39, 0.29) is 18.7 Å². The quantitative estimate of drug-likeness (QED) is 0.859. The van der Waals surface area contributed by atoms with Crippen molar-refractivity contribution in [3.63, 3.8) is 0 Å². The maximum absolute atomic E-state index is 12.7. The van der Waals surface area contributed by atoms with Crippen molar-refractivity contribution >= 4 is 22.6 Å². The van der Waals surface area contributed by atoms with Gasteiger partial charge in [0.1, 0.15) is 11.3 Å². The van der Waals surface area contributed by atoms with Gasteiger partial charge < -0.3 is 19.9 Å². The Hall–Kier alpha value is -2.60. The summed E-state index contributed by atoms with van der Waals surface area (Å²) >= 11 is 0. The van der Waals surface area contributed by atoms with Crippen LogP contribution in [0.5, 0.6) is 5.75 Å². The molecule has 1 fully saturated rings.